The monoisotopic (exact) mass is 377 g/mol. The topological polar surface area (TPSA) is 93.3 Å². The molecule has 7 nitrogen and oxygen atoms in total. The van der Waals surface area contributed by atoms with Gasteiger partial charge in [-0.3, -0.25) is 9.59 Å². The Bertz CT molecular complexity index is 775. The zero-order chi connectivity index (χ0) is 18.9. The number of aromatic amines is 1. The summed E-state index contributed by atoms with van der Waals surface area (Å²) in [5, 5.41) is 3.18. The van der Waals surface area contributed by atoms with Gasteiger partial charge in [-0.1, -0.05) is 11.8 Å². The molecule has 1 aromatic heterocycles. The number of hydrogen-bond donors (Lipinski definition) is 2. The molecule has 0 atom stereocenters. The molecule has 1 heterocycles. The standard InChI is InChI=1S/C18H23N3O4S/c1-4-24-15-7-5-13(6-8-15)19-17(23)11-26-18-20-14(9-16(22)21-18)10-25-12(2)3/h5-9,12H,4,10-11H2,1-3H3,(H,19,23)(H,20,21,22). The number of benzene rings is 1. The van der Waals surface area contributed by atoms with Crippen LogP contribution in [0.25, 0.3) is 0 Å². The Morgan fingerprint density at radius 2 is 2.04 bits per heavy atom. The number of ether oxygens (including phenoxy) is 2. The molecule has 2 rings (SSSR count). The Balaban J connectivity index is 1.89. The van der Waals surface area contributed by atoms with Crippen molar-refractivity contribution in [2.24, 2.45) is 0 Å². The molecule has 1 aromatic carbocycles. The largest absolute Gasteiger partial charge is 0.494 e. The van der Waals surface area contributed by atoms with Crippen molar-refractivity contribution in [3.63, 3.8) is 0 Å². The molecule has 0 fully saturated rings. The Hall–Kier alpha value is -2.32. The van der Waals surface area contributed by atoms with E-state index in [9.17, 15) is 9.59 Å². The summed E-state index contributed by atoms with van der Waals surface area (Å²) in [6.07, 6.45) is 0.0482. The number of carbonyl (C=O) groups excluding carboxylic acids is 1. The Labute approximate surface area is 156 Å². The number of amides is 1. The lowest BCUT2D eigenvalue weighted by atomic mass is 10.3. The number of aromatic nitrogens is 2. The number of nitrogens with zero attached hydrogens (tertiary/aromatic N) is 1. The number of hydrogen-bond acceptors (Lipinski definition) is 6. The van der Waals surface area contributed by atoms with Gasteiger partial charge in [-0.15, -0.1) is 0 Å². The molecule has 0 saturated heterocycles. The van der Waals surface area contributed by atoms with Crippen LogP contribution in [0.2, 0.25) is 0 Å². The molecule has 0 saturated carbocycles. The van der Waals surface area contributed by atoms with Crippen molar-refractivity contribution in [1.29, 1.82) is 0 Å². The van der Waals surface area contributed by atoms with Crippen molar-refractivity contribution in [3.8, 4) is 5.75 Å². The zero-order valence-electron chi connectivity index (χ0n) is 15.1. The zero-order valence-corrected chi connectivity index (χ0v) is 15.9. The van der Waals surface area contributed by atoms with Crippen molar-refractivity contribution in [2.75, 3.05) is 17.7 Å². The molecular weight excluding hydrogens is 354 g/mol. The Kier molecular flexibility index (Phi) is 7.68. The molecule has 0 aliphatic rings. The molecule has 2 aromatic rings. The van der Waals surface area contributed by atoms with E-state index in [0.29, 0.717) is 23.1 Å². The Morgan fingerprint density at radius 1 is 1.31 bits per heavy atom. The van der Waals surface area contributed by atoms with Crippen LogP contribution >= 0.6 is 11.8 Å². The smallest absolute Gasteiger partial charge is 0.251 e. The minimum atomic E-state index is -0.267. The van der Waals surface area contributed by atoms with Crippen molar-refractivity contribution in [1.82, 2.24) is 9.97 Å². The second-order valence-corrected chi connectivity index (χ2v) is 6.66. The summed E-state index contributed by atoms with van der Waals surface area (Å²) in [6, 6.07) is 8.54. The van der Waals surface area contributed by atoms with Crippen LogP contribution in [0.4, 0.5) is 5.69 Å². The number of H-pyrrole nitrogens is 1. The van der Waals surface area contributed by atoms with Gasteiger partial charge in [0.15, 0.2) is 5.16 Å². The van der Waals surface area contributed by atoms with E-state index in [-0.39, 0.29) is 29.9 Å². The SMILES string of the molecule is CCOc1ccc(NC(=O)CSc2nc(COC(C)C)cc(=O)[nH]2)cc1. The first-order valence-corrected chi connectivity index (χ1v) is 9.32. The molecule has 140 valence electrons. The highest BCUT2D eigenvalue weighted by molar-refractivity contribution is 7.99. The van der Waals surface area contributed by atoms with E-state index in [1.165, 1.54) is 6.07 Å². The molecule has 26 heavy (non-hydrogen) atoms. The predicted molar refractivity (Wildman–Crippen MR) is 102 cm³/mol. The van der Waals surface area contributed by atoms with E-state index < -0.39 is 0 Å². The minimum absolute atomic E-state index is 0.0482. The normalized spacial score (nSPS) is 10.8. The van der Waals surface area contributed by atoms with Gasteiger partial charge in [0, 0.05) is 11.8 Å². The lowest BCUT2D eigenvalue weighted by Crippen LogP contribution is -2.16. The van der Waals surface area contributed by atoms with Crippen molar-refractivity contribution in [3.05, 3.63) is 46.4 Å². The lowest BCUT2D eigenvalue weighted by molar-refractivity contribution is -0.113. The number of thioether (sulfide) groups is 1. The van der Waals surface area contributed by atoms with Crippen molar-refractivity contribution >= 4 is 23.4 Å². The number of carbonyl (C=O) groups is 1. The molecule has 0 unspecified atom stereocenters. The van der Waals surface area contributed by atoms with Gasteiger partial charge in [-0.05, 0) is 45.0 Å². The summed E-state index contributed by atoms with van der Waals surface area (Å²) >= 11 is 1.16. The van der Waals surface area contributed by atoms with Crippen LogP contribution in [0.3, 0.4) is 0 Å². The number of rotatable bonds is 9. The average molecular weight is 377 g/mol. The van der Waals surface area contributed by atoms with E-state index in [1.807, 2.05) is 20.8 Å². The van der Waals surface area contributed by atoms with Crippen LogP contribution in [0, 0.1) is 0 Å². The van der Waals surface area contributed by atoms with Crippen LogP contribution in [0.15, 0.2) is 40.3 Å². The fraction of sp³-hybridized carbons (Fsp3) is 0.389. The van der Waals surface area contributed by atoms with Gasteiger partial charge in [0.1, 0.15) is 5.75 Å². The van der Waals surface area contributed by atoms with E-state index in [1.54, 1.807) is 24.3 Å². The molecule has 0 aliphatic carbocycles. The highest BCUT2D eigenvalue weighted by Gasteiger charge is 2.08. The van der Waals surface area contributed by atoms with Crippen LogP contribution in [-0.2, 0) is 16.1 Å². The molecule has 0 bridgehead atoms. The maximum absolute atomic E-state index is 12.1. The van der Waals surface area contributed by atoms with Crippen molar-refractivity contribution in [2.45, 2.75) is 38.6 Å². The molecule has 2 N–H and O–H groups in total. The summed E-state index contributed by atoms with van der Waals surface area (Å²) in [5.74, 6) is 0.692. The third-order valence-electron chi connectivity index (χ3n) is 3.13. The molecule has 0 spiro atoms. The van der Waals surface area contributed by atoms with Gasteiger partial charge in [0.25, 0.3) is 5.56 Å². The van der Waals surface area contributed by atoms with Gasteiger partial charge in [0.2, 0.25) is 5.91 Å². The van der Waals surface area contributed by atoms with Gasteiger partial charge in [-0.25, -0.2) is 4.98 Å². The van der Waals surface area contributed by atoms with Gasteiger partial charge < -0.3 is 19.8 Å². The number of anilines is 1. The van der Waals surface area contributed by atoms with Crippen LogP contribution in [-0.4, -0.2) is 34.3 Å². The molecule has 0 aliphatic heterocycles. The highest BCUT2D eigenvalue weighted by atomic mass is 32.2. The predicted octanol–water partition coefficient (Wildman–Crippen LogP) is 2.82. The lowest BCUT2D eigenvalue weighted by Gasteiger charge is -2.08. The summed E-state index contributed by atoms with van der Waals surface area (Å²) < 4.78 is 10.8. The van der Waals surface area contributed by atoms with Gasteiger partial charge in [0.05, 0.1) is 30.8 Å². The second kappa shape index (κ2) is 9.98. The fourth-order valence-corrected chi connectivity index (χ4v) is 2.70. The molecule has 0 radical (unpaired) electrons. The third-order valence-corrected chi connectivity index (χ3v) is 4.00. The summed E-state index contributed by atoms with van der Waals surface area (Å²) in [7, 11) is 0. The summed E-state index contributed by atoms with van der Waals surface area (Å²) in [4.78, 5) is 30.7. The van der Waals surface area contributed by atoms with E-state index >= 15 is 0 Å². The molecular formula is C18H23N3O4S. The van der Waals surface area contributed by atoms with Gasteiger partial charge >= 0.3 is 0 Å². The number of nitrogens with one attached hydrogen (secondary N) is 2. The summed E-state index contributed by atoms with van der Waals surface area (Å²) in [5.41, 5.74) is 0.952. The average Bonchev–Trinajstić information content (AvgIpc) is 2.60. The van der Waals surface area contributed by atoms with Gasteiger partial charge in [-0.2, -0.15) is 0 Å². The maximum atomic E-state index is 12.1. The molecule has 1 amide bonds. The van der Waals surface area contributed by atoms with Crippen LogP contribution in [0.1, 0.15) is 26.5 Å². The first-order valence-electron chi connectivity index (χ1n) is 8.33. The molecule has 8 heteroatoms. The fourth-order valence-electron chi connectivity index (χ4n) is 2.01. The highest BCUT2D eigenvalue weighted by Crippen LogP contribution is 2.17. The first kappa shape index (κ1) is 20.0. The first-order chi connectivity index (χ1) is 12.5. The van der Waals surface area contributed by atoms with E-state index in [0.717, 1.165) is 17.5 Å². The van der Waals surface area contributed by atoms with E-state index in [4.69, 9.17) is 9.47 Å². The summed E-state index contributed by atoms with van der Waals surface area (Å²) in [6.45, 7) is 6.58. The second-order valence-electron chi connectivity index (χ2n) is 5.70. The third kappa shape index (κ3) is 6.89. The quantitative estimate of drug-likeness (QED) is 0.516. The van der Waals surface area contributed by atoms with E-state index in [2.05, 4.69) is 15.3 Å². The minimum Gasteiger partial charge on any atom is -0.494 e. The van der Waals surface area contributed by atoms with Crippen LogP contribution in [0.5, 0.6) is 5.75 Å². The van der Waals surface area contributed by atoms with Crippen LogP contribution < -0.4 is 15.6 Å². The Morgan fingerprint density at radius 3 is 2.69 bits per heavy atom. The maximum Gasteiger partial charge on any atom is 0.251 e. The van der Waals surface area contributed by atoms with Crippen molar-refractivity contribution < 1.29 is 14.3 Å².